The number of aromatic nitrogens is 2. The summed E-state index contributed by atoms with van der Waals surface area (Å²) in [5.74, 6) is 1.37. The smallest absolute Gasteiger partial charge is 0.354 e. The zero-order valence-electron chi connectivity index (χ0n) is 19.4. The molecule has 1 saturated carbocycles. The maximum absolute atomic E-state index is 13.0. The molecule has 164 valence electrons. The number of carbonyl (C=O) groups excluding carboxylic acids is 1. The zero-order chi connectivity index (χ0) is 21.9. The quantitative estimate of drug-likeness (QED) is 0.488. The average molecular weight is 419 g/mol. The van der Waals surface area contributed by atoms with E-state index in [1.54, 1.807) is 0 Å². The lowest BCUT2D eigenvalue weighted by Gasteiger charge is -2.32. The van der Waals surface area contributed by atoms with Crippen LogP contribution in [-0.2, 0) is 4.74 Å². The molecule has 0 unspecified atom stereocenters. The molecule has 0 radical (unpaired) electrons. The van der Waals surface area contributed by atoms with Crippen LogP contribution in [0.15, 0.2) is 24.3 Å². The maximum atomic E-state index is 13.0. The SMILES string of the molecule is COC(=O)c1c(C)c(C)c2n1[C@@H](c1[nH]c3ccccc3c1C)[C@H](C)[C@H]2C1CCCCC1. The molecule has 0 spiro atoms. The van der Waals surface area contributed by atoms with Crippen LogP contribution in [0.3, 0.4) is 0 Å². The van der Waals surface area contributed by atoms with Gasteiger partial charge in [-0.3, -0.25) is 0 Å². The number of hydrogen-bond donors (Lipinski definition) is 1. The fraction of sp³-hybridized carbons (Fsp3) is 0.519. The highest BCUT2D eigenvalue weighted by molar-refractivity contribution is 5.91. The van der Waals surface area contributed by atoms with E-state index >= 15 is 0 Å². The van der Waals surface area contributed by atoms with Gasteiger partial charge in [0.05, 0.1) is 13.2 Å². The van der Waals surface area contributed by atoms with E-state index in [1.807, 2.05) is 0 Å². The van der Waals surface area contributed by atoms with E-state index in [9.17, 15) is 4.79 Å². The number of carbonyl (C=O) groups is 1. The van der Waals surface area contributed by atoms with Gasteiger partial charge < -0.3 is 14.3 Å². The Bertz CT molecular complexity index is 1150. The summed E-state index contributed by atoms with van der Waals surface area (Å²) in [6.07, 6.45) is 6.60. The standard InChI is InChI=1S/C27H34N2O2/c1-15-16(2)26(27(30)31-5)29-24(15)22(19-11-7-6-8-12-19)18(4)25(29)23-17(3)20-13-9-10-14-21(20)28-23/h9-10,13-14,18-19,22,25,28H,6-8,11-12H2,1-5H3/t18-,22+,25-/m1/s1. The van der Waals surface area contributed by atoms with Gasteiger partial charge in [-0.15, -0.1) is 0 Å². The predicted octanol–water partition coefficient (Wildman–Crippen LogP) is 6.58. The Labute approximate surface area is 185 Å². The van der Waals surface area contributed by atoms with Crippen LogP contribution >= 0.6 is 0 Å². The van der Waals surface area contributed by atoms with E-state index in [0.29, 0.717) is 17.8 Å². The fourth-order valence-electron chi connectivity index (χ4n) is 6.72. The zero-order valence-corrected chi connectivity index (χ0v) is 19.4. The Morgan fingerprint density at radius 3 is 2.42 bits per heavy atom. The molecule has 2 aromatic heterocycles. The monoisotopic (exact) mass is 418 g/mol. The molecule has 31 heavy (non-hydrogen) atoms. The molecule has 4 nitrogen and oxygen atoms in total. The Balaban J connectivity index is 1.75. The number of nitrogens with zero attached hydrogens (tertiary/aromatic N) is 1. The van der Waals surface area contributed by atoms with Crippen molar-refractivity contribution in [2.45, 2.75) is 71.8 Å². The van der Waals surface area contributed by atoms with Crippen LogP contribution in [0.2, 0.25) is 0 Å². The van der Waals surface area contributed by atoms with Crippen LogP contribution in [0.25, 0.3) is 10.9 Å². The second-order valence-electron chi connectivity index (χ2n) is 9.78. The summed E-state index contributed by atoms with van der Waals surface area (Å²) < 4.78 is 7.63. The first-order chi connectivity index (χ1) is 15.0. The Morgan fingerprint density at radius 2 is 1.74 bits per heavy atom. The van der Waals surface area contributed by atoms with Crippen molar-refractivity contribution >= 4 is 16.9 Å². The van der Waals surface area contributed by atoms with Crippen LogP contribution < -0.4 is 0 Å². The van der Waals surface area contributed by atoms with Crippen molar-refractivity contribution in [3.05, 3.63) is 58.0 Å². The second kappa shape index (κ2) is 7.58. The number of hydrogen-bond acceptors (Lipinski definition) is 2. The first-order valence-corrected chi connectivity index (χ1v) is 11.8. The third-order valence-electron chi connectivity index (χ3n) is 8.30. The summed E-state index contributed by atoms with van der Waals surface area (Å²) >= 11 is 0. The van der Waals surface area contributed by atoms with Crippen LogP contribution in [0, 0.1) is 32.6 Å². The van der Waals surface area contributed by atoms with Crippen molar-refractivity contribution in [2.24, 2.45) is 11.8 Å². The van der Waals surface area contributed by atoms with Gasteiger partial charge in [-0.1, -0.05) is 44.4 Å². The molecule has 0 bridgehead atoms. The summed E-state index contributed by atoms with van der Waals surface area (Å²) in [7, 11) is 1.50. The summed E-state index contributed by atoms with van der Waals surface area (Å²) in [5, 5.41) is 1.27. The predicted molar refractivity (Wildman–Crippen MR) is 125 cm³/mol. The van der Waals surface area contributed by atoms with Gasteiger partial charge in [0, 0.05) is 28.2 Å². The third-order valence-corrected chi connectivity index (χ3v) is 8.30. The number of para-hydroxylation sites is 1. The fourth-order valence-corrected chi connectivity index (χ4v) is 6.72. The number of H-pyrrole nitrogens is 1. The van der Waals surface area contributed by atoms with Gasteiger partial charge in [-0.25, -0.2) is 4.79 Å². The molecule has 0 saturated heterocycles. The lowest BCUT2D eigenvalue weighted by Crippen LogP contribution is -2.23. The molecular formula is C27H34N2O2. The minimum atomic E-state index is -0.220. The summed E-state index contributed by atoms with van der Waals surface area (Å²) in [6, 6.07) is 8.65. The molecule has 2 aliphatic rings. The van der Waals surface area contributed by atoms with Crippen molar-refractivity contribution < 1.29 is 9.53 Å². The first kappa shape index (κ1) is 20.4. The number of rotatable bonds is 3. The van der Waals surface area contributed by atoms with Crippen molar-refractivity contribution in [2.75, 3.05) is 7.11 Å². The molecule has 1 fully saturated rings. The van der Waals surface area contributed by atoms with E-state index in [2.05, 4.69) is 61.5 Å². The molecule has 4 heteroatoms. The molecule has 1 N–H and O–H groups in total. The molecular weight excluding hydrogens is 384 g/mol. The van der Waals surface area contributed by atoms with Gasteiger partial charge >= 0.3 is 5.97 Å². The highest BCUT2D eigenvalue weighted by Gasteiger charge is 2.47. The van der Waals surface area contributed by atoms with Gasteiger partial charge in [0.25, 0.3) is 0 Å². The van der Waals surface area contributed by atoms with Crippen molar-refractivity contribution in [1.82, 2.24) is 9.55 Å². The number of benzene rings is 1. The second-order valence-corrected chi connectivity index (χ2v) is 9.78. The van der Waals surface area contributed by atoms with Crippen molar-refractivity contribution in [3.63, 3.8) is 0 Å². The van der Waals surface area contributed by atoms with Gasteiger partial charge in [-0.05, 0) is 68.2 Å². The van der Waals surface area contributed by atoms with Gasteiger partial charge in [0.15, 0.2) is 0 Å². The van der Waals surface area contributed by atoms with Crippen LogP contribution in [0.1, 0.15) is 89.6 Å². The molecule has 3 aromatic rings. The highest BCUT2D eigenvalue weighted by atomic mass is 16.5. The van der Waals surface area contributed by atoms with E-state index in [0.717, 1.165) is 11.3 Å². The number of aromatic amines is 1. The Kier molecular flexibility index (Phi) is 4.99. The molecule has 3 heterocycles. The number of ether oxygens (including phenoxy) is 1. The number of nitrogens with one attached hydrogen (secondary N) is 1. The minimum absolute atomic E-state index is 0.121. The normalized spacial score (nSPS) is 24.0. The molecule has 5 rings (SSSR count). The lowest BCUT2D eigenvalue weighted by molar-refractivity contribution is 0.0585. The topological polar surface area (TPSA) is 47.0 Å². The van der Waals surface area contributed by atoms with E-state index in [-0.39, 0.29) is 12.0 Å². The van der Waals surface area contributed by atoms with E-state index in [4.69, 9.17) is 4.74 Å². The van der Waals surface area contributed by atoms with Crippen LogP contribution in [-0.4, -0.2) is 22.6 Å². The number of fused-ring (bicyclic) bond motifs is 2. The average Bonchev–Trinajstić information content (AvgIpc) is 3.36. The number of esters is 1. The first-order valence-electron chi connectivity index (χ1n) is 11.8. The molecule has 0 amide bonds. The van der Waals surface area contributed by atoms with Crippen molar-refractivity contribution in [1.29, 1.82) is 0 Å². The van der Waals surface area contributed by atoms with Crippen molar-refractivity contribution in [3.8, 4) is 0 Å². The van der Waals surface area contributed by atoms with Gasteiger partial charge in [-0.2, -0.15) is 0 Å². The van der Waals surface area contributed by atoms with Crippen LogP contribution in [0.4, 0.5) is 0 Å². The van der Waals surface area contributed by atoms with Gasteiger partial charge in [0.1, 0.15) is 5.69 Å². The molecule has 1 aliphatic carbocycles. The van der Waals surface area contributed by atoms with E-state index < -0.39 is 0 Å². The number of methoxy groups -OCH3 is 1. The summed E-state index contributed by atoms with van der Waals surface area (Å²) in [5.41, 5.74) is 8.18. The number of aryl methyl sites for hydroxylation is 1. The maximum Gasteiger partial charge on any atom is 0.354 e. The largest absolute Gasteiger partial charge is 0.464 e. The summed E-state index contributed by atoms with van der Waals surface area (Å²) in [4.78, 5) is 16.7. The highest BCUT2D eigenvalue weighted by Crippen LogP contribution is 2.55. The third kappa shape index (κ3) is 2.90. The Hall–Kier alpha value is -2.49. The van der Waals surface area contributed by atoms with Crippen LogP contribution in [0.5, 0.6) is 0 Å². The molecule has 1 aliphatic heterocycles. The molecule has 1 aromatic carbocycles. The van der Waals surface area contributed by atoms with E-state index in [1.165, 1.54) is 72.6 Å². The lowest BCUT2D eigenvalue weighted by atomic mass is 9.72. The minimum Gasteiger partial charge on any atom is -0.464 e. The molecule has 3 atom stereocenters. The summed E-state index contributed by atoms with van der Waals surface area (Å²) in [6.45, 7) is 8.91. The van der Waals surface area contributed by atoms with Gasteiger partial charge in [0.2, 0.25) is 0 Å². The Morgan fingerprint density at radius 1 is 1.03 bits per heavy atom.